The lowest BCUT2D eigenvalue weighted by Gasteiger charge is -2.29. The van der Waals surface area contributed by atoms with Gasteiger partial charge >= 0.3 is 0 Å². The Bertz CT molecular complexity index is 687. The molecule has 140 valence electrons. The van der Waals surface area contributed by atoms with Gasteiger partial charge in [-0.3, -0.25) is 9.58 Å². The first kappa shape index (κ1) is 18.5. The van der Waals surface area contributed by atoms with Crippen LogP contribution in [0.5, 0.6) is 0 Å². The molecule has 1 aromatic carbocycles. The van der Waals surface area contributed by atoms with E-state index in [4.69, 9.17) is 4.99 Å². The van der Waals surface area contributed by atoms with E-state index < -0.39 is 0 Å². The summed E-state index contributed by atoms with van der Waals surface area (Å²) in [5.74, 6) is 0.855. The van der Waals surface area contributed by atoms with Gasteiger partial charge < -0.3 is 10.6 Å². The highest BCUT2D eigenvalue weighted by Gasteiger charge is 2.23. The minimum atomic E-state index is 0.374. The molecule has 2 N–H and O–H groups in total. The molecule has 1 atom stereocenters. The van der Waals surface area contributed by atoms with Crippen molar-refractivity contribution in [3.8, 4) is 0 Å². The molecule has 1 aromatic heterocycles. The molecule has 0 bridgehead atoms. The first-order valence-electron chi connectivity index (χ1n) is 9.56. The summed E-state index contributed by atoms with van der Waals surface area (Å²) in [6.07, 6.45) is 4.39. The molecule has 1 aliphatic heterocycles. The second-order valence-electron chi connectivity index (χ2n) is 6.69. The number of rotatable bonds is 7. The predicted molar refractivity (Wildman–Crippen MR) is 106 cm³/mol. The highest BCUT2D eigenvalue weighted by molar-refractivity contribution is 5.79. The molecule has 1 saturated heterocycles. The van der Waals surface area contributed by atoms with Gasteiger partial charge in [-0.2, -0.15) is 5.10 Å². The van der Waals surface area contributed by atoms with Crippen LogP contribution in [0, 0.1) is 0 Å². The number of benzene rings is 1. The standard InChI is InChI=1S/C20H30N6/c1-3-21-20(22-15-18-11-12-24-25(18)2)23-16-19(26-13-7-8-14-26)17-9-5-4-6-10-17/h4-6,9-12,19H,3,7-8,13-16H2,1-2H3,(H2,21,22,23). The van der Waals surface area contributed by atoms with Crippen LogP contribution in [-0.2, 0) is 13.6 Å². The molecule has 0 amide bonds. The lowest BCUT2D eigenvalue weighted by molar-refractivity contribution is 0.245. The van der Waals surface area contributed by atoms with Crippen LogP contribution in [0.2, 0.25) is 0 Å². The molecule has 26 heavy (non-hydrogen) atoms. The average Bonchev–Trinajstić information content (AvgIpc) is 3.33. The molecular formula is C20H30N6. The smallest absolute Gasteiger partial charge is 0.191 e. The van der Waals surface area contributed by atoms with E-state index in [0.717, 1.165) is 24.7 Å². The second-order valence-corrected chi connectivity index (χ2v) is 6.69. The number of likely N-dealkylation sites (tertiary alicyclic amines) is 1. The molecule has 2 heterocycles. The number of nitrogens with one attached hydrogen (secondary N) is 2. The number of hydrogen-bond acceptors (Lipinski definition) is 3. The highest BCUT2D eigenvalue weighted by atomic mass is 15.3. The second kappa shape index (κ2) is 9.38. The molecule has 1 unspecified atom stereocenters. The number of nitrogens with zero attached hydrogens (tertiary/aromatic N) is 4. The van der Waals surface area contributed by atoms with E-state index in [1.54, 1.807) is 0 Å². The van der Waals surface area contributed by atoms with E-state index in [1.165, 1.54) is 31.5 Å². The monoisotopic (exact) mass is 354 g/mol. The molecule has 3 rings (SSSR count). The summed E-state index contributed by atoms with van der Waals surface area (Å²) in [7, 11) is 1.95. The van der Waals surface area contributed by atoms with Crippen molar-refractivity contribution in [2.45, 2.75) is 32.4 Å². The quantitative estimate of drug-likeness (QED) is 0.592. The lowest BCUT2D eigenvalue weighted by atomic mass is 10.1. The van der Waals surface area contributed by atoms with Crippen LogP contribution in [0.25, 0.3) is 0 Å². The maximum Gasteiger partial charge on any atom is 0.191 e. The number of hydrogen-bond donors (Lipinski definition) is 2. The average molecular weight is 355 g/mol. The van der Waals surface area contributed by atoms with Crippen LogP contribution in [0.4, 0.5) is 0 Å². The molecule has 0 radical (unpaired) electrons. The Labute approximate surface area is 156 Å². The minimum absolute atomic E-state index is 0.374. The summed E-state index contributed by atoms with van der Waals surface area (Å²) in [4.78, 5) is 7.30. The Morgan fingerprint density at radius 3 is 2.58 bits per heavy atom. The van der Waals surface area contributed by atoms with E-state index in [-0.39, 0.29) is 0 Å². The van der Waals surface area contributed by atoms with E-state index >= 15 is 0 Å². The summed E-state index contributed by atoms with van der Waals surface area (Å²) in [5, 5.41) is 11.1. The maximum absolute atomic E-state index is 4.72. The van der Waals surface area contributed by atoms with Gasteiger partial charge in [0.05, 0.1) is 18.3 Å². The minimum Gasteiger partial charge on any atom is -0.357 e. The zero-order valence-electron chi connectivity index (χ0n) is 15.9. The van der Waals surface area contributed by atoms with Gasteiger partial charge in [0.2, 0.25) is 0 Å². The van der Waals surface area contributed by atoms with Crippen molar-refractivity contribution < 1.29 is 0 Å². The topological polar surface area (TPSA) is 57.5 Å². The fraction of sp³-hybridized carbons (Fsp3) is 0.500. The predicted octanol–water partition coefficient (Wildman–Crippen LogP) is 2.31. The molecule has 6 heteroatoms. The number of aliphatic imine (C=N–C) groups is 1. The van der Waals surface area contributed by atoms with Crippen molar-refractivity contribution in [1.82, 2.24) is 25.3 Å². The van der Waals surface area contributed by atoms with Gasteiger partial charge in [0, 0.05) is 26.3 Å². The molecule has 2 aromatic rings. The summed E-state index contributed by atoms with van der Waals surface area (Å²) in [6, 6.07) is 13.2. The third kappa shape index (κ3) is 4.85. The van der Waals surface area contributed by atoms with Crippen molar-refractivity contribution in [3.05, 3.63) is 53.9 Å². The summed E-state index contributed by atoms with van der Waals surface area (Å²) in [6.45, 7) is 6.74. The fourth-order valence-electron chi connectivity index (χ4n) is 3.44. The highest BCUT2D eigenvalue weighted by Crippen LogP contribution is 2.24. The van der Waals surface area contributed by atoms with Gasteiger partial charge in [0.25, 0.3) is 0 Å². The fourth-order valence-corrected chi connectivity index (χ4v) is 3.44. The molecular weight excluding hydrogens is 324 g/mol. The van der Waals surface area contributed by atoms with Crippen molar-refractivity contribution >= 4 is 5.96 Å². The normalized spacial score (nSPS) is 16.6. The molecule has 1 aliphatic rings. The molecule has 0 spiro atoms. The van der Waals surface area contributed by atoms with Crippen molar-refractivity contribution in [1.29, 1.82) is 0 Å². The van der Waals surface area contributed by atoms with Crippen molar-refractivity contribution in [2.24, 2.45) is 12.0 Å². The molecule has 6 nitrogen and oxygen atoms in total. The van der Waals surface area contributed by atoms with E-state index in [2.05, 4.69) is 57.9 Å². The number of guanidine groups is 1. The zero-order valence-corrected chi connectivity index (χ0v) is 15.9. The van der Waals surface area contributed by atoms with Gasteiger partial charge in [0.1, 0.15) is 0 Å². The lowest BCUT2D eigenvalue weighted by Crippen LogP contribution is -2.42. The molecule has 0 aliphatic carbocycles. The van der Waals surface area contributed by atoms with Crippen LogP contribution in [0.1, 0.15) is 37.1 Å². The Hall–Kier alpha value is -2.34. The molecule has 1 fully saturated rings. The Morgan fingerprint density at radius 2 is 1.92 bits per heavy atom. The van der Waals surface area contributed by atoms with Gasteiger partial charge in [-0.05, 0) is 44.5 Å². The van der Waals surface area contributed by atoms with Gasteiger partial charge in [-0.25, -0.2) is 4.99 Å². The SMILES string of the molecule is CCNC(=NCc1ccnn1C)NCC(c1ccccc1)N1CCCC1. The Morgan fingerprint density at radius 1 is 1.15 bits per heavy atom. The van der Waals surface area contributed by atoms with Crippen LogP contribution in [0.3, 0.4) is 0 Å². The maximum atomic E-state index is 4.72. The molecule has 0 saturated carbocycles. The van der Waals surface area contributed by atoms with Crippen molar-refractivity contribution in [3.63, 3.8) is 0 Å². The van der Waals surface area contributed by atoms with Gasteiger partial charge in [-0.1, -0.05) is 30.3 Å². The van der Waals surface area contributed by atoms with Crippen molar-refractivity contribution in [2.75, 3.05) is 26.2 Å². The Balaban J connectivity index is 1.67. The van der Waals surface area contributed by atoms with Crippen LogP contribution in [0.15, 0.2) is 47.6 Å². The summed E-state index contributed by atoms with van der Waals surface area (Å²) < 4.78 is 1.87. The van der Waals surface area contributed by atoms with E-state index in [9.17, 15) is 0 Å². The van der Waals surface area contributed by atoms with Crippen LogP contribution in [-0.4, -0.2) is 46.8 Å². The summed E-state index contributed by atoms with van der Waals surface area (Å²) >= 11 is 0. The van der Waals surface area contributed by atoms with E-state index in [1.807, 2.05) is 24.0 Å². The third-order valence-corrected chi connectivity index (χ3v) is 4.89. The number of aromatic nitrogens is 2. The van der Waals surface area contributed by atoms with E-state index in [0.29, 0.717) is 12.6 Å². The van der Waals surface area contributed by atoms with Gasteiger partial charge in [-0.15, -0.1) is 0 Å². The number of aryl methyl sites for hydroxylation is 1. The van der Waals surface area contributed by atoms with Crippen LogP contribution < -0.4 is 10.6 Å². The first-order chi connectivity index (χ1) is 12.8. The van der Waals surface area contributed by atoms with Gasteiger partial charge in [0.15, 0.2) is 5.96 Å². The first-order valence-corrected chi connectivity index (χ1v) is 9.56. The van der Waals surface area contributed by atoms with Crippen LogP contribution >= 0.6 is 0 Å². The summed E-state index contributed by atoms with van der Waals surface area (Å²) in [5.41, 5.74) is 2.46. The third-order valence-electron chi connectivity index (χ3n) is 4.89. The largest absolute Gasteiger partial charge is 0.357 e. The zero-order chi connectivity index (χ0) is 18.2. The Kier molecular flexibility index (Phi) is 6.66.